The quantitative estimate of drug-likeness (QED) is 0.0229. The van der Waals surface area contributed by atoms with Crippen LogP contribution in [0.15, 0.2) is 11.6 Å². The van der Waals surface area contributed by atoms with Crippen LogP contribution in [0.5, 0.6) is 0 Å². The zero-order chi connectivity index (χ0) is 98.2. The summed E-state index contributed by atoms with van der Waals surface area (Å²) >= 11 is 0. The maximum atomic E-state index is 15.5. The summed E-state index contributed by atoms with van der Waals surface area (Å²) in [5.74, 6) is -0.914. The number of fused-ring (bicyclic) bond motifs is 7. The van der Waals surface area contributed by atoms with Gasteiger partial charge in [-0.2, -0.15) is 0 Å². The van der Waals surface area contributed by atoms with E-state index in [4.69, 9.17) is 94.7 Å². The van der Waals surface area contributed by atoms with Crippen LogP contribution in [-0.4, -0.2) is 492 Å². The number of hydrogen-bond acceptors (Lipinski definition) is 48. The van der Waals surface area contributed by atoms with E-state index < -0.39 is 370 Å². The van der Waals surface area contributed by atoms with Gasteiger partial charge in [-0.3, -0.25) is 4.79 Å². The Bertz CT molecular complexity index is 3910. The molecule has 0 radical (unpaired) electrons. The van der Waals surface area contributed by atoms with Gasteiger partial charge in [-0.1, -0.05) is 60.1 Å². The number of esters is 1. The average molecular weight is 1960 g/mol. The van der Waals surface area contributed by atoms with Crippen molar-refractivity contribution in [2.24, 2.45) is 50.2 Å². The van der Waals surface area contributed by atoms with Crippen molar-refractivity contribution in [1.82, 2.24) is 0 Å². The van der Waals surface area contributed by atoms with Crippen molar-refractivity contribution in [2.75, 3.05) is 52.9 Å². The number of aliphatic hydroxyl groups excluding tert-OH is 27. The van der Waals surface area contributed by atoms with Gasteiger partial charge >= 0.3 is 5.97 Å². The summed E-state index contributed by atoms with van der Waals surface area (Å²) in [6.45, 7) is 12.3. The molecule has 4 saturated carbocycles. The molecule has 14 fully saturated rings. The van der Waals surface area contributed by atoms with E-state index in [-0.39, 0.29) is 34.0 Å². The van der Waals surface area contributed by atoms with Crippen LogP contribution in [0.25, 0.3) is 0 Å². The Balaban J connectivity index is 0.553. The Morgan fingerprint density at radius 1 is 0.356 bits per heavy atom. The molecule has 10 saturated heterocycles. The lowest BCUT2D eigenvalue weighted by Gasteiger charge is -2.71. The molecule has 8 unspecified atom stereocenters. The second-order valence-electron chi connectivity index (χ2n) is 41.8. The maximum absolute atomic E-state index is 15.5. The van der Waals surface area contributed by atoms with Crippen LogP contribution < -0.4 is 0 Å². The standard InChI is InChI=1S/C87H142O48/c1-29-44(94)50(100)58(108)74(120-29)130-67-38(24-91)125-77(64(114)56(67)106)132-66-36(22-89)123-71(61(111)54(66)104)118-27-39-48(98)52(102)60(110)78(127-39)135-81(115)87-18-16-82(3,4)20-32(87)31-10-11-42-84(7)14-13-43(83(5,6)41(84)12-15-86(42,9)85(31,8)17-19-87)128-73-62(112)53(103)65(30(2)121-73)129-79-70(46(96)34(93)25-116-79)134-80-69(45(95)33(92)26-117-80)133-72-57(107)49(99)40(28-119-72)126-75-63(113)55(105)68(37(23-90)124-75)131-76-59(109)51(101)47(97)35(21-88)122-76/h10,29-30,32-80,88-114H,11-28H2,1-9H3/t29-,30+,32?,33+,34+,35-,36-,37-,38-,39-,40-,41?,42?,43?,44+,45+,46+,47-,48-,49+,50+,51+,52+,53+,54-,55-,56-,57-,58+,59-,60-,61-,62-,63-,64-,65+,66+,67+,68-,69-,70-,71+,72+,73+,74-,75+,76+,77-,78+,79+,80+,84?,85?,86?,87?/m1/s1. The van der Waals surface area contributed by atoms with Crippen molar-refractivity contribution >= 4 is 5.97 Å². The molecule has 15 rings (SSSR count). The Morgan fingerprint density at radius 3 is 1.32 bits per heavy atom. The highest BCUT2D eigenvalue weighted by molar-refractivity contribution is 5.79. The summed E-state index contributed by atoms with van der Waals surface area (Å²) in [5.41, 5.74) is -1.98. The minimum Gasteiger partial charge on any atom is -0.432 e. The summed E-state index contributed by atoms with van der Waals surface area (Å²) < 4.78 is 118. The Kier molecular flexibility index (Phi) is 32.9. The third-order valence-corrected chi connectivity index (χ3v) is 32.8. The fourth-order valence-corrected chi connectivity index (χ4v) is 24.4. The maximum Gasteiger partial charge on any atom is 0.315 e. The van der Waals surface area contributed by atoms with Crippen LogP contribution in [-0.2, 0) is 99.5 Å². The third-order valence-electron chi connectivity index (χ3n) is 32.8. The van der Waals surface area contributed by atoms with Gasteiger partial charge in [0.2, 0.25) is 6.29 Å². The van der Waals surface area contributed by atoms with Gasteiger partial charge in [0.1, 0.15) is 214 Å². The van der Waals surface area contributed by atoms with Gasteiger partial charge in [-0.15, -0.1) is 0 Å². The molecule has 0 spiro atoms. The van der Waals surface area contributed by atoms with Gasteiger partial charge in [0, 0.05) is 0 Å². The molecule has 135 heavy (non-hydrogen) atoms. The lowest BCUT2D eigenvalue weighted by Crippen LogP contribution is -2.67. The molecule has 55 atom stereocenters. The van der Waals surface area contributed by atoms with Gasteiger partial charge in [0.05, 0.1) is 76.6 Å². The lowest BCUT2D eigenvalue weighted by molar-refractivity contribution is -0.391. The number of carbonyl (C=O) groups is 1. The normalized spacial score (nSPS) is 54.6. The van der Waals surface area contributed by atoms with Crippen LogP contribution in [0.2, 0.25) is 0 Å². The number of allylic oxidation sites excluding steroid dienone is 2. The summed E-state index contributed by atoms with van der Waals surface area (Å²) in [5, 5.41) is 297. The van der Waals surface area contributed by atoms with Crippen LogP contribution in [0.3, 0.4) is 0 Å². The fourth-order valence-electron chi connectivity index (χ4n) is 24.4. The highest BCUT2D eigenvalue weighted by Gasteiger charge is 2.72. The van der Waals surface area contributed by atoms with Gasteiger partial charge < -0.3 is 233 Å². The van der Waals surface area contributed by atoms with Crippen molar-refractivity contribution in [3.05, 3.63) is 11.6 Å². The zero-order valence-corrected chi connectivity index (χ0v) is 76.4. The molecule has 5 aliphatic carbocycles. The first-order chi connectivity index (χ1) is 63.5. The van der Waals surface area contributed by atoms with Crippen LogP contribution in [0, 0.1) is 50.2 Å². The Labute approximate surface area is 776 Å². The predicted octanol–water partition coefficient (Wildman–Crippen LogP) is -11.1. The van der Waals surface area contributed by atoms with E-state index in [0.717, 1.165) is 18.4 Å². The molecule has 10 aliphatic heterocycles. The molecule has 778 valence electrons. The molecule has 48 heteroatoms. The molecule has 48 nitrogen and oxygen atoms in total. The first-order valence-corrected chi connectivity index (χ1v) is 46.8. The van der Waals surface area contributed by atoms with Gasteiger partial charge in [0.15, 0.2) is 56.6 Å². The van der Waals surface area contributed by atoms with E-state index >= 15 is 4.79 Å². The zero-order valence-electron chi connectivity index (χ0n) is 76.4. The van der Waals surface area contributed by atoms with E-state index in [2.05, 4.69) is 54.5 Å². The molecule has 10 heterocycles. The van der Waals surface area contributed by atoms with Crippen molar-refractivity contribution in [2.45, 2.75) is 421 Å². The molecular weight excluding hydrogens is 1810 g/mol. The first-order valence-electron chi connectivity index (χ1n) is 46.8. The monoisotopic (exact) mass is 1950 g/mol. The predicted molar refractivity (Wildman–Crippen MR) is 438 cm³/mol. The largest absolute Gasteiger partial charge is 0.432 e. The van der Waals surface area contributed by atoms with Crippen LogP contribution >= 0.6 is 0 Å². The second-order valence-corrected chi connectivity index (χ2v) is 41.8. The minimum atomic E-state index is -2.10. The SMILES string of the molecule is C[C@@H]1O[C@@H](OC2CCC3(C)C(CCC4(C)C3CC=C3C5CC(C)(C)CCC5(C(=O)O[C@@H]5O[C@H](CO[C@H]6O[C@H](CO)[C@H](O[C@H]7O[C@H](CO)[C@H](O[C@H]8O[C@H](C)[C@H](O)[C@H](O)[C@@H]8O)[C@H](O)[C@H]7O)[C@H](O)[C@H]6O)[C@@H](O)[C@H](O)[C@H]5O)CCC34C)C2(C)C)[C@H](O)[C@H](O)[C@H]1O[C@@H]1OC[C@H](O)[C@H](O)[C@H]1O[C@@H]1OC[C@H](O)[C@H](O)[C@H]1O[C@@H]1OC[C@@H](O[C@@H]2O[C@H](CO)[C@@H](O[C@@H]3O[C@H](CO)[C@@H](O)[C@H](O)[C@H]3O)[C@H](O)[C@H]2O)[C@H](O)[C@H]1O. The molecule has 0 aromatic heterocycles. The molecular formula is C87H142O48. The van der Waals surface area contributed by atoms with E-state index in [1.165, 1.54) is 6.92 Å². The molecule has 0 amide bonds. The van der Waals surface area contributed by atoms with E-state index in [9.17, 15) is 138 Å². The van der Waals surface area contributed by atoms with Crippen molar-refractivity contribution in [3.8, 4) is 0 Å². The number of rotatable bonds is 25. The van der Waals surface area contributed by atoms with Gasteiger partial charge in [-0.05, 0) is 123 Å². The number of carbonyl (C=O) groups excluding carboxylic acids is 1. The van der Waals surface area contributed by atoms with E-state index in [0.29, 0.717) is 51.4 Å². The highest BCUT2D eigenvalue weighted by atomic mass is 16.8. The van der Waals surface area contributed by atoms with Crippen LogP contribution in [0.1, 0.15) is 127 Å². The topological polar surface area (TPSA) is 748 Å². The molecule has 27 N–H and O–H groups in total. The van der Waals surface area contributed by atoms with Crippen molar-refractivity contribution in [1.29, 1.82) is 0 Å². The number of ether oxygens (including phenoxy) is 20. The van der Waals surface area contributed by atoms with Gasteiger partial charge in [0.25, 0.3) is 0 Å². The molecule has 15 aliphatic rings. The Morgan fingerprint density at radius 2 is 0.770 bits per heavy atom. The summed E-state index contributed by atoms with van der Waals surface area (Å²) in [7, 11) is 0. The number of hydrogen-bond donors (Lipinski definition) is 27. The first kappa shape index (κ1) is 107. The van der Waals surface area contributed by atoms with E-state index in [1.54, 1.807) is 6.92 Å². The average Bonchev–Trinajstić information content (AvgIpc) is 0.672. The lowest BCUT2D eigenvalue weighted by atomic mass is 9.33. The summed E-state index contributed by atoms with van der Waals surface area (Å²) in [6.07, 6.45) is -75.6. The summed E-state index contributed by atoms with van der Waals surface area (Å²) in [4.78, 5) is 15.5. The smallest absolute Gasteiger partial charge is 0.315 e. The summed E-state index contributed by atoms with van der Waals surface area (Å²) in [6, 6.07) is 0. The van der Waals surface area contributed by atoms with E-state index in [1.807, 2.05) is 0 Å². The van der Waals surface area contributed by atoms with Crippen molar-refractivity contribution in [3.63, 3.8) is 0 Å². The van der Waals surface area contributed by atoms with Crippen LogP contribution in [0.4, 0.5) is 0 Å². The molecule has 0 bridgehead atoms. The fraction of sp³-hybridized carbons (Fsp3) is 0.966. The minimum absolute atomic E-state index is 0.0290. The molecule has 0 aromatic rings. The molecule has 0 aromatic carbocycles. The second kappa shape index (κ2) is 41.7. The highest BCUT2D eigenvalue weighted by Crippen LogP contribution is 2.76. The Hall–Kier alpha value is -2.63. The third kappa shape index (κ3) is 19.7. The van der Waals surface area contributed by atoms with Gasteiger partial charge in [-0.25, -0.2) is 0 Å². The number of aliphatic hydroxyl groups is 27. The van der Waals surface area contributed by atoms with Crippen molar-refractivity contribution < 1.29 is 237 Å².